The number of aliphatic carboxylic acids is 1. The van der Waals surface area contributed by atoms with Crippen LogP contribution in [0.4, 0.5) is 0 Å². The van der Waals surface area contributed by atoms with Gasteiger partial charge in [-0.25, -0.2) is 4.79 Å². The number of aliphatic hydroxyl groups excluding tert-OH is 1. The van der Waals surface area contributed by atoms with E-state index in [0.29, 0.717) is 17.1 Å². The Morgan fingerprint density at radius 3 is 2.45 bits per heavy atom. The van der Waals surface area contributed by atoms with Gasteiger partial charge in [0, 0.05) is 11.6 Å². The zero-order chi connectivity index (χ0) is 15.9. The average molecular weight is 300 g/mol. The van der Waals surface area contributed by atoms with Gasteiger partial charge in [0.25, 0.3) is 0 Å². The molecule has 0 amide bonds. The molecule has 2 aromatic rings. The number of carboxylic acids is 1. The third-order valence-corrected chi connectivity index (χ3v) is 2.81. The van der Waals surface area contributed by atoms with Crippen molar-refractivity contribution in [2.24, 2.45) is 0 Å². The van der Waals surface area contributed by atoms with Gasteiger partial charge in [0.05, 0.1) is 0 Å². The van der Waals surface area contributed by atoms with Crippen LogP contribution in [-0.2, 0) is 4.79 Å². The molecule has 0 aromatic heterocycles. The van der Waals surface area contributed by atoms with Crippen LogP contribution in [0.25, 0.3) is 6.08 Å². The monoisotopic (exact) mass is 300 g/mol. The van der Waals surface area contributed by atoms with Crippen molar-refractivity contribution < 1.29 is 24.5 Å². The summed E-state index contributed by atoms with van der Waals surface area (Å²) < 4.78 is 10.5. The third-order valence-electron chi connectivity index (χ3n) is 2.81. The standard InChI is InChI=1S/C17H16O5/c1-12-6-9-14(10-7-12)21-17(20)22-15-5-3-2-4-13(15)8-11-16(18)19/h2-11,17,20H,1H3,(H,18,19)/b11-8+. The first-order valence-corrected chi connectivity index (χ1v) is 6.62. The second kappa shape index (κ2) is 7.28. The Morgan fingerprint density at radius 2 is 1.77 bits per heavy atom. The highest BCUT2D eigenvalue weighted by Crippen LogP contribution is 2.21. The summed E-state index contributed by atoms with van der Waals surface area (Å²) in [5, 5.41) is 18.5. The molecule has 0 fully saturated rings. The van der Waals surface area contributed by atoms with Crippen LogP contribution in [0.3, 0.4) is 0 Å². The molecule has 0 aliphatic carbocycles. The fraction of sp³-hybridized carbons (Fsp3) is 0.118. The second-order valence-electron chi connectivity index (χ2n) is 4.57. The maximum atomic E-state index is 10.6. The molecule has 2 aromatic carbocycles. The largest absolute Gasteiger partial charge is 0.478 e. The molecule has 5 heteroatoms. The van der Waals surface area contributed by atoms with Gasteiger partial charge in [-0.1, -0.05) is 35.9 Å². The van der Waals surface area contributed by atoms with Crippen molar-refractivity contribution in [2.45, 2.75) is 13.4 Å². The lowest BCUT2D eigenvalue weighted by atomic mass is 10.2. The summed E-state index contributed by atoms with van der Waals surface area (Å²) in [7, 11) is 0. The number of carbonyl (C=O) groups is 1. The van der Waals surface area contributed by atoms with E-state index in [1.54, 1.807) is 36.4 Å². The lowest BCUT2D eigenvalue weighted by molar-refractivity contribution is -0.160. The van der Waals surface area contributed by atoms with Crippen molar-refractivity contribution in [2.75, 3.05) is 0 Å². The van der Waals surface area contributed by atoms with Gasteiger partial charge in [-0.3, -0.25) is 0 Å². The van der Waals surface area contributed by atoms with Crippen molar-refractivity contribution in [3.63, 3.8) is 0 Å². The Labute approximate surface area is 128 Å². The van der Waals surface area contributed by atoms with Crippen LogP contribution in [-0.4, -0.2) is 22.7 Å². The smallest absolute Gasteiger partial charge is 0.358 e. The van der Waals surface area contributed by atoms with E-state index in [4.69, 9.17) is 14.6 Å². The van der Waals surface area contributed by atoms with Gasteiger partial charge in [-0.2, -0.15) is 0 Å². The van der Waals surface area contributed by atoms with Gasteiger partial charge in [-0.05, 0) is 31.2 Å². The molecular formula is C17H16O5. The number of aliphatic hydroxyl groups is 1. The lowest BCUT2D eigenvalue weighted by Crippen LogP contribution is -2.23. The SMILES string of the molecule is Cc1ccc(OC(O)Oc2ccccc2/C=C/C(=O)O)cc1. The van der Waals surface area contributed by atoms with Crippen molar-refractivity contribution in [1.29, 1.82) is 0 Å². The molecule has 0 bridgehead atoms. The van der Waals surface area contributed by atoms with Crippen LogP contribution in [0.1, 0.15) is 11.1 Å². The predicted molar refractivity (Wildman–Crippen MR) is 81.6 cm³/mol. The summed E-state index contributed by atoms with van der Waals surface area (Å²) in [6.07, 6.45) is 2.38. The molecule has 2 rings (SSSR count). The Balaban J connectivity index is 2.06. The van der Waals surface area contributed by atoms with E-state index in [-0.39, 0.29) is 0 Å². The molecule has 0 aliphatic rings. The summed E-state index contributed by atoms with van der Waals surface area (Å²) in [6.45, 7) is 0.448. The van der Waals surface area contributed by atoms with E-state index in [0.717, 1.165) is 11.6 Å². The van der Waals surface area contributed by atoms with Crippen molar-refractivity contribution in [3.05, 3.63) is 65.7 Å². The van der Waals surface area contributed by atoms with Gasteiger partial charge in [0.15, 0.2) is 0 Å². The number of carboxylic acid groups (broad SMARTS) is 1. The van der Waals surface area contributed by atoms with Gasteiger partial charge in [0.2, 0.25) is 0 Å². The fourth-order valence-corrected chi connectivity index (χ4v) is 1.75. The molecular weight excluding hydrogens is 284 g/mol. The molecule has 0 heterocycles. The van der Waals surface area contributed by atoms with Gasteiger partial charge < -0.3 is 19.7 Å². The summed E-state index contributed by atoms with van der Waals surface area (Å²) in [5.74, 6) is -0.275. The van der Waals surface area contributed by atoms with Crippen LogP contribution >= 0.6 is 0 Å². The number of para-hydroxylation sites is 1. The lowest BCUT2D eigenvalue weighted by Gasteiger charge is -2.16. The van der Waals surface area contributed by atoms with Crippen molar-refractivity contribution >= 4 is 12.0 Å². The Bertz CT molecular complexity index is 661. The van der Waals surface area contributed by atoms with Gasteiger partial charge in [-0.15, -0.1) is 0 Å². The highest BCUT2D eigenvalue weighted by atomic mass is 16.8. The van der Waals surface area contributed by atoms with E-state index >= 15 is 0 Å². The molecule has 0 saturated carbocycles. The molecule has 0 saturated heterocycles. The Kier molecular flexibility index (Phi) is 5.16. The number of ether oxygens (including phenoxy) is 2. The minimum atomic E-state index is -1.50. The number of rotatable bonds is 6. The van der Waals surface area contributed by atoms with Gasteiger partial charge in [0.1, 0.15) is 11.5 Å². The summed E-state index contributed by atoms with van der Waals surface area (Å²) in [4.78, 5) is 10.6. The fourth-order valence-electron chi connectivity index (χ4n) is 1.75. The Hall–Kier alpha value is -2.79. The maximum absolute atomic E-state index is 10.6. The van der Waals surface area contributed by atoms with Crippen LogP contribution in [0.5, 0.6) is 11.5 Å². The average Bonchev–Trinajstić information content (AvgIpc) is 2.48. The molecule has 0 aliphatic heterocycles. The Morgan fingerprint density at radius 1 is 1.09 bits per heavy atom. The van der Waals surface area contributed by atoms with E-state index < -0.39 is 12.4 Å². The van der Waals surface area contributed by atoms with Crippen LogP contribution in [0.15, 0.2) is 54.6 Å². The van der Waals surface area contributed by atoms with E-state index in [2.05, 4.69) is 0 Å². The van der Waals surface area contributed by atoms with Crippen LogP contribution in [0.2, 0.25) is 0 Å². The zero-order valence-electron chi connectivity index (χ0n) is 12.0. The van der Waals surface area contributed by atoms with Crippen molar-refractivity contribution in [3.8, 4) is 11.5 Å². The molecule has 22 heavy (non-hydrogen) atoms. The van der Waals surface area contributed by atoms with E-state index in [1.807, 2.05) is 19.1 Å². The first kappa shape index (κ1) is 15.6. The zero-order valence-corrected chi connectivity index (χ0v) is 12.0. The molecule has 0 radical (unpaired) electrons. The highest BCUT2D eigenvalue weighted by Gasteiger charge is 2.10. The molecule has 5 nitrogen and oxygen atoms in total. The minimum Gasteiger partial charge on any atom is -0.478 e. The summed E-state index contributed by atoms with van der Waals surface area (Å²) in [6, 6.07) is 13.9. The first-order chi connectivity index (χ1) is 10.5. The number of benzene rings is 2. The maximum Gasteiger partial charge on any atom is 0.358 e. The van der Waals surface area contributed by atoms with E-state index in [1.165, 1.54) is 6.08 Å². The number of aryl methyl sites for hydroxylation is 1. The predicted octanol–water partition coefficient (Wildman–Crippen LogP) is 2.83. The number of hydrogen-bond acceptors (Lipinski definition) is 4. The normalized spacial score (nSPS) is 12.1. The number of hydrogen-bond donors (Lipinski definition) is 2. The van der Waals surface area contributed by atoms with Gasteiger partial charge >= 0.3 is 12.4 Å². The van der Waals surface area contributed by atoms with Crippen molar-refractivity contribution in [1.82, 2.24) is 0 Å². The quantitative estimate of drug-likeness (QED) is 0.633. The third kappa shape index (κ3) is 4.64. The first-order valence-electron chi connectivity index (χ1n) is 6.62. The minimum absolute atomic E-state index is 0.319. The summed E-state index contributed by atoms with van der Waals surface area (Å²) >= 11 is 0. The van der Waals surface area contributed by atoms with Crippen LogP contribution in [0, 0.1) is 6.92 Å². The molecule has 2 N–H and O–H groups in total. The molecule has 1 unspecified atom stereocenters. The van der Waals surface area contributed by atoms with Crippen LogP contribution < -0.4 is 9.47 Å². The molecule has 114 valence electrons. The van der Waals surface area contributed by atoms with E-state index in [9.17, 15) is 9.90 Å². The summed E-state index contributed by atoms with van der Waals surface area (Å²) in [5.41, 5.74) is 1.60. The second-order valence-corrected chi connectivity index (χ2v) is 4.57. The topological polar surface area (TPSA) is 76.0 Å². The molecule has 1 atom stereocenters. The molecule has 0 spiro atoms. The highest BCUT2D eigenvalue weighted by molar-refractivity contribution is 5.85.